The molecule has 188 valence electrons. The Morgan fingerprint density at radius 3 is 2.44 bits per heavy atom. The van der Waals surface area contributed by atoms with Crippen LogP contribution in [0.25, 0.3) is 0 Å². The van der Waals surface area contributed by atoms with Gasteiger partial charge in [-0.05, 0) is 115 Å². The van der Waals surface area contributed by atoms with E-state index in [0.717, 1.165) is 75.4 Å². The van der Waals surface area contributed by atoms with Crippen molar-refractivity contribution in [3.8, 4) is 0 Å². The summed E-state index contributed by atoms with van der Waals surface area (Å²) in [5.74, 6) is 3.20. The van der Waals surface area contributed by atoms with E-state index in [1.807, 2.05) is 0 Å². The molecule has 0 spiro atoms. The van der Waals surface area contributed by atoms with Crippen molar-refractivity contribution in [2.45, 2.75) is 83.7 Å². The van der Waals surface area contributed by atoms with Gasteiger partial charge in [-0.25, -0.2) is 0 Å². The first-order chi connectivity index (χ1) is 16.4. The molecule has 1 unspecified atom stereocenters. The van der Waals surface area contributed by atoms with Crippen LogP contribution < -0.4 is 0 Å². The van der Waals surface area contributed by atoms with Crippen LogP contribution in [0.2, 0.25) is 0 Å². The standard InChI is InChI=1S/C28H45N5O/c1-4-33-25-7-6-23(31(3)19-28-16-20-12-21(17-28)14-22(13-20)18-28)15-24(25)26(29-33)27(34)32-9-5-8-30(2)10-11-32/h20-23H,4-19H2,1-3H3. The van der Waals surface area contributed by atoms with Crippen molar-refractivity contribution in [2.75, 3.05) is 46.8 Å². The summed E-state index contributed by atoms with van der Waals surface area (Å²) in [5.41, 5.74) is 3.93. The molecule has 34 heavy (non-hydrogen) atoms. The molecule has 6 nitrogen and oxygen atoms in total. The van der Waals surface area contributed by atoms with Gasteiger partial charge in [0.2, 0.25) is 0 Å². The highest BCUT2D eigenvalue weighted by molar-refractivity contribution is 5.94. The van der Waals surface area contributed by atoms with E-state index in [1.54, 1.807) is 0 Å². The zero-order chi connectivity index (χ0) is 23.4. The van der Waals surface area contributed by atoms with E-state index in [9.17, 15) is 4.79 Å². The van der Waals surface area contributed by atoms with Gasteiger partial charge in [0.25, 0.3) is 5.91 Å². The lowest BCUT2D eigenvalue weighted by molar-refractivity contribution is -0.0712. The number of fused-ring (bicyclic) bond motifs is 1. The lowest BCUT2D eigenvalue weighted by atomic mass is 9.49. The van der Waals surface area contributed by atoms with Gasteiger partial charge >= 0.3 is 0 Å². The molecule has 0 aromatic carbocycles. The van der Waals surface area contributed by atoms with Gasteiger partial charge in [-0.15, -0.1) is 0 Å². The van der Waals surface area contributed by atoms with Gasteiger partial charge in [0.15, 0.2) is 5.69 Å². The number of amides is 1. The Morgan fingerprint density at radius 1 is 1.06 bits per heavy atom. The summed E-state index contributed by atoms with van der Waals surface area (Å²) in [7, 11) is 4.54. The molecule has 5 aliphatic carbocycles. The fourth-order valence-electron chi connectivity index (χ4n) is 9.02. The predicted octanol–water partition coefficient (Wildman–Crippen LogP) is 3.69. The summed E-state index contributed by atoms with van der Waals surface area (Å²) in [5, 5.41) is 4.90. The molecule has 4 bridgehead atoms. The third-order valence-electron chi connectivity index (χ3n) is 10.2. The average molecular weight is 468 g/mol. The number of aromatic nitrogens is 2. The molecule has 5 fully saturated rings. The highest BCUT2D eigenvalue weighted by atomic mass is 16.2. The van der Waals surface area contributed by atoms with Crippen LogP contribution in [0.15, 0.2) is 0 Å². The second kappa shape index (κ2) is 8.92. The van der Waals surface area contributed by atoms with Crippen LogP contribution in [0, 0.1) is 23.2 Å². The molecule has 1 saturated heterocycles. The van der Waals surface area contributed by atoms with E-state index < -0.39 is 0 Å². The summed E-state index contributed by atoms with van der Waals surface area (Å²) < 4.78 is 2.13. The average Bonchev–Trinajstić information content (AvgIpc) is 3.03. The van der Waals surface area contributed by atoms with Crippen LogP contribution in [-0.2, 0) is 19.4 Å². The molecule has 0 N–H and O–H groups in total. The molecule has 1 aromatic heterocycles. The Hall–Kier alpha value is -1.40. The van der Waals surface area contributed by atoms with E-state index in [2.05, 4.69) is 40.4 Å². The number of likely N-dealkylation sites (N-methyl/N-ethyl adjacent to an activating group) is 2. The van der Waals surface area contributed by atoms with E-state index >= 15 is 0 Å². The summed E-state index contributed by atoms with van der Waals surface area (Å²) in [6.07, 6.45) is 13.3. The summed E-state index contributed by atoms with van der Waals surface area (Å²) >= 11 is 0. The third kappa shape index (κ3) is 4.13. The van der Waals surface area contributed by atoms with E-state index in [0.29, 0.717) is 11.5 Å². The SMILES string of the molecule is CCn1nc(C(=O)N2CCCN(C)CC2)c2c1CCC(N(C)CC13CC4CC(CC(C4)C1)C3)C2. The van der Waals surface area contributed by atoms with Crippen molar-refractivity contribution in [1.82, 2.24) is 24.5 Å². The molecule has 1 aromatic rings. The van der Waals surface area contributed by atoms with Crippen molar-refractivity contribution in [3.63, 3.8) is 0 Å². The van der Waals surface area contributed by atoms with Crippen LogP contribution in [-0.4, -0.2) is 83.2 Å². The van der Waals surface area contributed by atoms with Crippen molar-refractivity contribution >= 4 is 5.91 Å². The first-order valence-corrected chi connectivity index (χ1v) is 14.2. The lowest BCUT2D eigenvalue weighted by Crippen LogP contribution is -2.52. The third-order valence-corrected chi connectivity index (χ3v) is 10.2. The Kier molecular flexibility index (Phi) is 6.04. The van der Waals surface area contributed by atoms with Gasteiger partial charge in [-0.2, -0.15) is 5.10 Å². The van der Waals surface area contributed by atoms with Gasteiger partial charge in [-0.1, -0.05) is 0 Å². The summed E-state index contributed by atoms with van der Waals surface area (Å²) in [4.78, 5) is 20.8. The minimum Gasteiger partial charge on any atom is -0.336 e. The van der Waals surface area contributed by atoms with Crippen LogP contribution in [0.3, 0.4) is 0 Å². The van der Waals surface area contributed by atoms with Crippen LogP contribution >= 0.6 is 0 Å². The minimum absolute atomic E-state index is 0.170. The van der Waals surface area contributed by atoms with Crippen molar-refractivity contribution in [2.24, 2.45) is 23.2 Å². The largest absolute Gasteiger partial charge is 0.336 e. The number of carbonyl (C=O) groups is 1. The Labute approximate surface area is 206 Å². The molecular weight excluding hydrogens is 422 g/mol. The zero-order valence-corrected chi connectivity index (χ0v) is 21.8. The maximum Gasteiger partial charge on any atom is 0.274 e. The molecule has 6 heteroatoms. The first kappa shape index (κ1) is 23.0. The zero-order valence-electron chi connectivity index (χ0n) is 21.8. The molecular formula is C28H45N5O. The van der Waals surface area contributed by atoms with Gasteiger partial charge in [-0.3, -0.25) is 9.48 Å². The monoisotopic (exact) mass is 467 g/mol. The molecule has 7 rings (SSSR count). The van der Waals surface area contributed by atoms with E-state index in [-0.39, 0.29) is 5.91 Å². The number of aryl methyl sites for hydroxylation is 1. The highest BCUT2D eigenvalue weighted by Gasteiger charge is 2.51. The Balaban J connectivity index is 1.19. The Morgan fingerprint density at radius 2 is 1.76 bits per heavy atom. The molecule has 1 atom stereocenters. The van der Waals surface area contributed by atoms with Crippen molar-refractivity contribution in [1.29, 1.82) is 0 Å². The molecule has 1 amide bonds. The molecule has 2 heterocycles. The number of carbonyl (C=O) groups excluding carboxylic acids is 1. The van der Waals surface area contributed by atoms with Crippen molar-refractivity contribution < 1.29 is 4.79 Å². The minimum atomic E-state index is 0.170. The number of nitrogens with zero attached hydrogens (tertiary/aromatic N) is 5. The first-order valence-electron chi connectivity index (χ1n) is 14.2. The predicted molar refractivity (Wildman–Crippen MR) is 135 cm³/mol. The topological polar surface area (TPSA) is 44.6 Å². The summed E-state index contributed by atoms with van der Waals surface area (Å²) in [6, 6.07) is 0.539. The van der Waals surface area contributed by atoms with E-state index in [4.69, 9.17) is 5.10 Å². The Bertz CT molecular complexity index is 887. The number of hydrogen-bond acceptors (Lipinski definition) is 4. The van der Waals surface area contributed by atoms with Gasteiger partial charge in [0, 0.05) is 50.0 Å². The molecule has 4 saturated carbocycles. The molecule has 0 radical (unpaired) electrons. The van der Waals surface area contributed by atoms with Crippen LogP contribution in [0.1, 0.15) is 80.0 Å². The maximum absolute atomic E-state index is 13.7. The lowest BCUT2D eigenvalue weighted by Gasteiger charge is -2.58. The molecule has 1 aliphatic heterocycles. The van der Waals surface area contributed by atoms with Gasteiger partial charge in [0.05, 0.1) is 0 Å². The van der Waals surface area contributed by atoms with Gasteiger partial charge < -0.3 is 14.7 Å². The normalized spacial score (nSPS) is 35.6. The number of rotatable bonds is 5. The quantitative estimate of drug-likeness (QED) is 0.663. The van der Waals surface area contributed by atoms with Crippen molar-refractivity contribution in [3.05, 3.63) is 17.0 Å². The second-order valence-corrected chi connectivity index (χ2v) is 12.8. The maximum atomic E-state index is 13.7. The van der Waals surface area contributed by atoms with Crippen LogP contribution in [0.5, 0.6) is 0 Å². The summed E-state index contributed by atoms with van der Waals surface area (Å²) in [6.45, 7) is 7.98. The van der Waals surface area contributed by atoms with Crippen LogP contribution in [0.4, 0.5) is 0 Å². The highest BCUT2D eigenvalue weighted by Crippen LogP contribution is 2.60. The molecule has 6 aliphatic rings. The fourth-order valence-corrected chi connectivity index (χ4v) is 9.02. The fraction of sp³-hybridized carbons (Fsp3) is 0.857. The second-order valence-electron chi connectivity index (χ2n) is 12.8. The van der Waals surface area contributed by atoms with Gasteiger partial charge in [0.1, 0.15) is 0 Å². The number of hydrogen-bond donors (Lipinski definition) is 0. The smallest absolute Gasteiger partial charge is 0.274 e. The van der Waals surface area contributed by atoms with E-state index in [1.165, 1.54) is 62.7 Å².